The van der Waals surface area contributed by atoms with Crippen molar-refractivity contribution in [3.8, 4) is 0 Å². The van der Waals surface area contributed by atoms with Gasteiger partial charge in [-0.3, -0.25) is 4.79 Å². The topological polar surface area (TPSA) is 57.6 Å². The number of hydrogen-bond acceptors (Lipinski definition) is 2. The molecule has 0 aliphatic heterocycles. The SMILES string of the molecule is CC(C(=O)O)=C(C)C(=O)N(C)C1CCCc2ccccc21. The van der Waals surface area contributed by atoms with Crippen molar-refractivity contribution in [3.63, 3.8) is 0 Å². The Morgan fingerprint density at radius 3 is 2.52 bits per heavy atom. The van der Waals surface area contributed by atoms with Gasteiger partial charge < -0.3 is 10.0 Å². The van der Waals surface area contributed by atoms with E-state index in [0.29, 0.717) is 5.57 Å². The van der Waals surface area contributed by atoms with Gasteiger partial charge in [-0.25, -0.2) is 4.79 Å². The number of carboxylic acids is 1. The number of carbonyl (C=O) groups is 2. The van der Waals surface area contributed by atoms with Gasteiger partial charge in [-0.15, -0.1) is 0 Å². The van der Waals surface area contributed by atoms with Gasteiger partial charge in [-0.1, -0.05) is 24.3 Å². The second-order valence-electron chi connectivity index (χ2n) is 5.58. The number of nitrogens with zero attached hydrogens (tertiary/aromatic N) is 1. The van der Waals surface area contributed by atoms with E-state index in [0.717, 1.165) is 19.3 Å². The fraction of sp³-hybridized carbons (Fsp3) is 0.412. The van der Waals surface area contributed by atoms with Crippen LogP contribution in [0.4, 0.5) is 0 Å². The van der Waals surface area contributed by atoms with E-state index in [2.05, 4.69) is 12.1 Å². The first kappa shape index (κ1) is 15.3. The fourth-order valence-electron chi connectivity index (χ4n) is 2.86. The summed E-state index contributed by atoms with van der Waals surface area (Å²) in [6.07, 6.45) is 3.00. The number of aryl methyl sites for hydroxylation is 1. The van der Waals surface area contributed by atoms with Crippen LogP contribution in [0.3, 0.4) is 0 Å². The largest absolute Gasteiger partial charge is 0.478 e. The van der Waals surface area contributed by atoms with Crippen molar-refractivity contribution in [2.45, 2.75) is 39.2 Å². The van der Waals surface area contributed by atoms with Gasteiger partial charge in [0.15, 0.2) is 0 Å². The number of amides is 1. The van der Waals surface area contributed by atoms with Crippen molar-refractivity contribution in [1.82, 2.24) is 4.90 Å². The summed E-state index contributed by atoms with van der Waals surface area (Å²) in [7, 11) is 1.76. The molecular formula is C17H21NO3. The van der Waals surface area contributed by atoms with E-state index in [1.807, 2.05) is 12.1 Å². The van der Waals surface area contributed by atoms with E-state index in [1.165, 1.54) is 18.1 Å². The lowest BCUT2D eigenvalue weighted by molar-refractivity contribution is -0.134. The molecular weight excluding hydrogens is 266 g/mol. The van der Waals surface area contributed by atoms with Crippen LogP contribution in [-0.4, -0.2) is 28.9 Å². The maximum absolute atomic E-state index is 12.5. The molecule has 0 saturated heterocycles. The minimum atomic E-state index is -1.04. The Balaban J connectivity index is 2.30. The number of fused-ring (bicyclic) bond motifs is 1. The second kappa shape index (κ2) is 6.12. The minimum absolute atomic E-state index is 0.0268. The Labute approximate surface area is 125 Å². The van der Waals surface area contributed by atoms with Crippen LogP contribution in [0.1, 0.15) is 43.9 Å². The Bertz CT molecular complexity index is 604. The monoisotopic (exact) mass is 287 g/mol. The Hall–Kier alpha value is -2.10. The molecule has 0 saturated carbocycles. The first-order valence-electron chi connectivity index (χ1n) is 7.19. The molecule has 1 aliphatic rings. The van der Waals surface area contributed by atoms with E-state index < -0.39 is 5.97 Å². The maximum atomic E-state index is 12.5. The number of rotatable bonds is 3. The van der Waals surface area contributed by atoms with Gasteiger partial charge in [0.25, 0.3) is 0 Å². The Morgan fingerprint density at radius 2 is 1.86 bits per heavy atom. The molecule has 0 aromatic heterocycles. The zero-order chi connectivity index (χ0) is 15.6. The predicted molar refractivity (Wildman–Crippen MR) is 80.9 cm³/mol. The molecule has 1 aromatic carbocycles. The Morgan fingerprint density at radius 1 is 1.19 bits per heavy atom. The molecule has 0 radical (unpaired) electrons. The summed E-state index contributed by atoms with van der Waals surface area (Å²) >= 11 is 0. The van der Waals surface area contributed by atoms with Gasteiger partial charge in [0, 0.05) is 18.2 Å². The molecule has 1 atom stereocenters. The molecule has 112 valence electrons. The van der Waals surface area contributed by atoms with Crippen LogP contribution in [0.2, 0.25) is 0 Å². The van der Waals surface area contributed by atoms with E-state index in [4.69, 9.17) is 5.11 Å². The van der Waals surface area contributed by atoms with Crippen molar-refractivity contribution in [2.24, 2.45) is 0 Å². The highest BCUT2D eigenvalue weighted by molar-refractivity contribution is 6.01. The van der Waals surface area contributed by atoms with Crippen molar-refractivity contribution in [2.75, 3.05) is 7.05 Å². The van der Waals surface area contributed by atoms with Crippen LogP contribution in [0.25, 0.3) is 0 Å². The van der Waals surface area contributed by atoms with Crippen LogP contribution >= 0.6 is 0 Å². The van der Waals surface area contributed by atoms with Gasteiger partial charge in [-0.05, 0) is 44.2 Å². The molecule has 4 nitrogen and oxygen atoms in total. The number of aliphatic carboxylic acids is 1. The molecule has 1 aromatic rings. The number of likely N-dealkylation sites (N-methyl/N-ethyl adjacent to an activating group) is 1. The summed E-state index contributed by atoms with van der Waals surface area (Å²) in [4.78, 5) is 25.2. The van der Waals surface area contributed by atoms with Gasteiger partial charge in [0.2, 0.25) is 5.91 Å². The van der Waals surface area contributed by atoms with Crippen LogP contribution in [0, 0.1) is 0 Å². The zero-order valence-electron chi connectivity index (χ0n) is 12.7. The molecule has 0 spiro atoms. The zero-order valence-corrected chi connectivity index (χ0v) is 12.7. The first-order valence-corrected chi connectivity index (χ1v) is 7.19. The molecule has 1 amide bonds. The highest BCUT2D eigenvalue weighted by Crippen LogP contribution is 2.34. The quantitative estimate of drug-likeness (QED) is 0.870. The van der Waals surface area contributed by atoms with E-state index in [9.17, 15) is 9.59 Å². The summed E-state index contributed by atoms with van der Waals surface area (Å²) in [6.45, 7) is 3.05. The summed E-state index contributed by atoms with van der Waals surface area (Å²) in [5, 5.41) is 9.02. The fourth-order valence-corrected chi connectivity index (χ4v) is 2.86. The average molecular weight is 287 g/mol. The van der Waals surface area contributed by atoms with E-state index in [1.54, 1.807) is 18.9 Å². The highest BCUT2D eigenvalue weighted by Gasteiger charge is 2.28. The molecule has 2 rings (SSSR count). The maximum Gasteiger partial charge on any atom is 0.331 e. The van der Waals surface area contributed by atoms with Crippen LogP contribution in [-0.2, 0) is 16.0 Å². The molecule has 4 heteroatoms. The van der Waals surface area contributed by atoms with Crippen LogP contribution < -0.4 is 0 Å². The molecule has 1 N–H and O–H groups in total. The molecule has 1 unspecified atom stereocenters. The average Bonchev–Trinajstić information content (AvgIpc) is 2.51. The normalized spacial score (nSPS) is 18.5. The third kappa shape index (κ3) is 2.99. The van der Waals surface area contributed by atoms with E-state index in [-0.39, 0.29) is 17.5 Å². The predicted octanol–water partition coefficient (Wildman–Crippen LogP) is 2.94. The summed E-state index contributed by atoms with van der Waals surface area (Å²) in [5.41, 5.74) is 2.87. The first-order chi connectivity index (χ1) is 9.93. The number of benzene rings is 1. The third-order valence-corrected chi connectivity index (χ3v) is 4.33. The lowest BCUT2D eigenvalue weighted by atomic mass is 9.86. The molecule has 1 aliphatic carbocycles. The third-order valence-electron chi connectivity index (χ3n) is 4.33. The van der Waals surface area contributed by atoms with Gasteiger partial charge >= 0.3 is 5.97 Å². The van der Waals surface area contributed by atoms with Crippen molar-refractivity contribution >= 4 is 11.9 Å². The number of carboxylic acid groups (broad SMARTS) is 1. The van der Waals surface area contributed by atoms with Gasteiger partial charge in [0.05, 0.1) is 6.04 Å². The highest BCUT2D eigenvalue weighted by atomic mass is 16.4. The summed E-state index contributed by atoms with van der Waals surface area (Å²) in [5.74, 6) is -1.25. The standard InChI is InChI=1S/C17H21NO3/c1-11(12(2)17(20)21)16(19)18(3)15-10-6-8-13-7-4-5-9-14(13)15/h4-5,7,9,15H,6,8,10H2,1-3H3,(H,20,21). The molecule has 21 heavy (non-hydrogen) atoms. The molecule has 0 heterocycles. The van der Waals surface area contributed by atoms with Crippen molar-refractivity contribution in [3.05, 3.63) is 46.5 Å². The van der Waals surface area contributed by atoms with Gasteiger partial charge in [-0.2, -0.15) is 0 Å². The number of carbonyl (C=O) groups excluding carboxylic acids is 1. The van der Waals surface area contributed by atoms with Crippen molar-refractivity contribution in [1.29, 1.82) is 0 Å². The minimum Gasteiger partial charge on any atom is -0.478 e. The smallest absolute Gasteiger partial charge is 0.331 e. The Kier molecular flexibility index (Phi) is 4.46. The van der Waals surface area contributed by atoms with Gasteiger partial charge in [0.1, 0.15) is 0 Å². The number of hydrogen-bond donors (Lipinski definition) is 1. The lowest BCUT2D eigenvalue weighted by Crippen LogP contribution is -2.34. The van der Waals surface area contributed by atoms with Crippen LogP contribution in [0.5, 0.6) is 0 Å². The summed E-state index contributed by atoms with van der Waals surface area (Å²) < 4.78 is 0. The summed E-state index contributed by atoms with van der Waals surface area (Å²) in [6, 6.07) is 8.19. The lowest BCUT2D eigenvalue weighted by Gasteiger charge is -2.33. The molecule has 0 bridgehead atoms. The second-order valence-corrected chi connectivity index (χ2v) is 5.58. The van der Waals surface area contributed by atoms with Crippen molar-refractivity contribution < 1.29 is 14.7 Å². The molecule has 0 fully saturated rings. The van der Waals surface area contributed by atoms with Crippen LogP contribution in [0.15, 0.2) is 35.4 Å². The van der Waals surface area contributed by atoms with E-state index >= 15 is 0 Å².